The van der Waals surface area contributed by atoms with Crippen LogP contribution >= 0.6 is 0 Å². The van der Waals surface area contributed by atoms with Crippen molar-refractivity contribution < 1.29 is 9.84 Å². The highest BCUT2D eigenvalue weighted by molar-refractivity contribution is 5.58. The second-order valence-electron chi connectivity index (χ2n) is 2.91. The molecular weight excluding hydrogens is 178 g/mol. The molecule has 14 heavy (non-hydrogen) atoms. The molecule has 0 unspecified atom stereocenters. The smallest absolute Gasteiger partial charge is 0.129 e. The first-order valence-electron chi connectivity index (χ1n) is 4.51. The molecule has 3 nitrogen and oxygen atoms in total. The minimum atomic E-state index is 0.206. The summed E-state index contributed by atoms with van der Waals surface area (Å²) in [5.74, 6) is 0.871. The number of rotatable bonds is 4. The van der Waals surface area contributed by atoms with Gasteiger partial charge >= 0.3 is 0 Å². The minimum absolute atomic E-state index is 0.206. The largest absolute Gasteiger partial charge is 0.508 e. The molecule has 3 heteroatoms. The van der Waals surface area contributed by atoms with Crippen LogP contribution in [-0.2, 0) is 0 Å². The summed E-state index contributed by atoms with van der Waals surface area (Å²) in [6, 6.07) is 5.02. The van der Waals surface area contributed by atoms with Crippen LogP contribution < -0.4 is 10.5 Å². The van der Waals surface area contributed by atoms with E-state index in [9.17, 15) is 5.11 Å². The standard InChI is InChI=1S/C11H15NO2/c1-14-11-8-10(13)6-5-9(11)4-2-3-7-12/h2,4-6,8,13H,3,7,12H2,1H3. The van der Waals surface area contributed by atoms with Crippen LogP contribution in [0.15, 0.2) is 24.3 Å². The van der Waals surface area contributed by atoms with E-state index in [4.69, 9.17) is 10.5 Å². The maximum absolute atomic E-state index is 9.22. The van der Waals surface area contributed by atoms with Gasteiger partial charge < -0.3 is 15.6 Å². The highest BCUT2D eigenvalue weighted by Crippen LogP contribution is 2.24. The lowest BCUT2D eigenvalue weighted by Gasteiger charge is -2.04. The number of methoxy groups -OCH3 is 1. The quantitative estimate of drug-likeness (QED) is 0.766. The average Bonchev–Trinajstić information content (AvgIpc) is 2.20. The number of phenols is 1. The van der Waals surface area contributed by atoms with E-state index in [0.717, 1.165) is 12.0 Å². The SMILES string of the molecule is COc1cc(O)ccc1C=CCCN. The van der Waals surface area contributed by atoms with Gasteiger partial charge in [0.05, 0.1) is 7.11 Å². The second-order valence-corrected chi connectivity index (χ2v) is 2.91. The first-order chi connectivity index (χ1) is 6.77. The lowest BCUT2D eigenvalue weighted by molar-refractivity contribution is 0.407. The zero-order valence-electron chi connectivity index (χ0n) is 8.23. The van der Waals surface area contributed by atoms with E-state index >= 15 is 0 Å². The molecule has 0 spiro atoms. The van der Waals surface area contributed by atoms with Crippen LogP contribution in [0.2, 0.25) is 0 Å². The van der Waals surface area contributed by atoms with E-state index < -0.39 is 0 Å². The zero-order chi connectivity index (χ0) is 10.4. The monoisotopic (exact) mass is 193 g/mol. The van der Waals surface area contributed by atoms with E-state index in [2.05, 4.69) is 0 Å². The highest BCUT2D eigenvalue weighted by Gasteiger charge is 1.99. The molecule has 1 aromatic rings. The zero-order valence-corrected chi connectivity index (χ0v) is 8.23. The fraction of sp³-hybridized carbons (Fsp3) is 0.273. The molecule has 76 valence electrons. The van der Waals surface area contributed by atoms with E-state index in [1.165, 1.54) is 0 Å². The number of hydrogen-bond donors (Lipinski definition) is 2. The van der Waals surface area contributed by atoms with Crippen LogP contribution in [-0.4, -0.2) is 18.8 Å². The van der Waals surface area contributed by atoms with Crippen LogP contribution in [0, 0.1) is 0 Å². The molecular formula is C11H15NO2. The molecule has 0 atom stereocenters. The van der Waals surface area contributed by atoms with Crippen molar-refractivity contribution in [2.45, 2.75) is 6.42 Å². The Bertz CT molecular complexity index is 321. The van der Waals surface area contributed by atoms with Gasteiger partial charge in [0.2, 0.25) is 0 Å². The summed E-state index contributed by atoms with van der Waals surface area (Å²) in [7, 11) is 1.58. The van der Waals surface area contributed by atoms with Gasteiger partial charge in [0.15, 0.2) is 0 Å². The van der Waals surface area contributed by atoms with Crippen LogP contribution in [0.1, 0.15) is 12.0 Å². The third-order valence-electron chi connectivity index (χ3n) is 1.85. The third-order valence-corrected chi connectivity index (χ3v) is 1.85. The maximum Gasteiger partial charge on any atom is 0.129 e. The fourth-order valence-corrected chi connectivity index (χ4v) is 1.14. The van der Waals surface area contributed by atoms with Gasteiger partial charge in [0.25, 0.3) is 0 Å². The molecule has 0 radical (unpaired) electrons. The van der Waals surface area contributed by atoms with Crippen LogP contribution in [0.25, 0.3) is 6.08 Å². The molecule has 0 saturated heterocycles. The van der Waals surface area contributed by atoms with Crippen molar-refractivity contribution in [1.29, 1.82) is 0 Å². The van der Waals surface area contributed by atoms with E-state index in [1.54, 1.807) is 25.3 Å². The number of hydrogen-bond acceptors (Lipinski definition) is 3. The molecule has 1 rings (SSSR count). The molecule has 0 aliphatic carbocycles. The Morgan fingerprint density at radius 1 is 1.50 bits per heavy atom. The Morgan fingerprint density at radius 2 is 2.29 bits per heavy atom. The van der Waals surface area contributed by atoms with Gasteiger partial charge in [-0.3, -0.25) is 0 Å². The molecule has 0 heterocycles. The molecule has 0 aromatic heterocycles. The van der Waals surface area contributed by atoms with Gasteiger partial charge in [0.1, 0.15) is 11.5 Å². The Hall–Kier alpha value is -1.48. The first-order valence-corrected chi connectivity index (χ1v) is 4.51. The number of phenolic OH excluding ortho intramolecular Hbond substituents is 1. The predicted molar refractivity (Wildman–Crippen MR) is 57.4 cm³/mol. The van der Waals surface area contributed by atoms with Crippen molar-refractivity contribution in [3.63, 3.8) is 0 Å². The van der Waals surface area contributed by atoms with Crippen LogP contribution in [0.5, 0.6) is 11.5 Å². The van der Waals surface area contributed by atoms with E-state index in [0.29, 0.717) is 12.3 Å². The van der Waals surface area contributed by atoms with Crippen molar-refractivity contribution in [1.82, 2.24) is 0 Å². The summed E-state index contributed by atoms with van der Waals surface area (Å²) < 4.78 is 5.11. The van der Waals surface area contributed by atoms with Crippen molar-refractivity contribution in [2.24, 2.45) is 5.73 Å². The van der Waals surface area contributed by atoms with Crippen molar-refractivity contribution in [3.05, 3.63) is 29.8 Å². The number of nitrogens with two attached hydrogens (primary N) is 1. The molecule has 0 aliphatic heterocycles. The summed E-state index contributed by atoms with van der Waals surface area (Å²) in [6.45, 7) is 0.636. The highest BCUT2D eigenvalue weighted by atomic mass is 16.5. The Morgan fingerprint density at radius 3 is 2.93 bits per heavy atom. The van der Waals surface area contributed by atoms with E-state index in [-0.39, 0.29) is 5.75 Å². The first kappa shape index (κ1) is 10.6. The number of benzene rings is 1. The van der Waals surface area contributed by atoms with Gasteiger partial charge in [0, 0.05) is 11.6 Å². The van der Waals surface area contributed by atoms with Gasteiger partial charge in [-0.15, -0.1) is 0 Å². The van der Waals surface area contributed by atoms with Gasteiger partial charge in [-0.05, 0) is 25.1 Å². The molecule has 0 fully saturated rings. The Labute approximate surface area is 83.8 Å². The summed E-state index contributed by atoms with van der Waals surface area (Å²) in [5.41, 5.74) is 6.31. The van der Waals surface area contributed by atoms with Crippen molar-refractivity contribution in [3.8, 4) is 11.5 Å². The predicted octanol–water partition coefficient (Wildman–Crippen LogP) is 1.76. The Balaban J connectivity index is 2.85. The fourth-order valence-electron chi connectivity index (χ4n) is 1.14. The normalized spacial score (nSPS) is 10.7. The minimum Gasteiger partial charge on any atom is -0.508 e. The van der Waals surface area contributed by atoms with Gasteiger partial charge in [-0.25, -0.2) is 0 Å². The van der Waals surface area contributed by atoms with Crippen LogP contribution in [0.3, 0.4) is 0 Å². The Kier molecular flexibility index (Phi) is 4.01. The van der Waals surface area contributed by atoms with Gasteiger partial charge in [-0.1, -0.05) is 12.2 Å². The summed E-state index contributed by atoms with van der Waals surface area (Å²) in [6.07, 6.45) is 4.75. The van der Waals surface area contributed by atoms with Crippen LogP contribution in [0.4, 0.5) is 0 Å². The van der Waals surface area contributed by atoms with Gasteiger partial charge in [-0.2, -0.15) is 0 Å². The number of aromatic hydroxyl groups is 1. The third kappa shape index (κ3) is 2.78. The topological polar surface area (TPSA) is 55.5 Å². The summed E-state index contributed by atoms with van der Waals surface area (Å²) in [5, 5.41) is 9.22. The average molecular weight is 193 g/mol. The summed E-state index contributed by atoms with van der Waals surface area (Å²) >= 11 is 0. The summed E-state index contributed by atoms with van der Waals surface area (Å²) in [4.78, 5) is 0. The molecule has 3 N–H and O–H groups in total. The number of ether oxygens (including phenoxy) is 1. The molecule has 0 bridgehead atoms. The molecule has 0 amide bonds. The molecule has 1 aromatic carbocycles. The lowest BCUT2D eigenvalue weighted by Crippen LogP contribution is -1.95. The van der Waals surface area contributed by atoms with Crippen molar-refractivity contribution >= 4 is 6.08 Å². The van der Waals surface area contributed by atoms with E-state index in [1.807, 2.05) is 12.2 Å². The van der Waals surface area contributed by atoms with Crippen molar-refractivity contribution in [2.75, 3.05) is 13.7 Å². The molecule has 0 saturated carbocycles. The molecule has 0 aliphatic rings. The maximum atomic E-state index is 9.22. The second kappa shape index (κ2) is 5.29. The lowest BCUT2D eigenvalue weighted by atomic mass is 10.1.